The molecule has 1 amide bonds. The predicted octanol–water partition coefficient (Wildman–Crippen LogP) is 1.60. The predicted molar refractivity (Wildman–Crippen MR) is 93.8 cm³/mol. The van der Waals surface area contributed by atoms with E-state index >= 15 is 0 Å². The van der Waals surface area contributed by atoms with E-state index in [0.29, 0.717) is 34.7 Å². The zero-order valence-electron chi connectivity index (χ0n) is 14.0. The van der Waals surface area contributed by atoms with E-state index in [9.17, 15) is 4.79 Å². The molecule has 0 aromatic carbocycles. The molecule has 0 spiro atoms. The summed E-state index contributed by atoms with van der Waals surface area (Å²) < 4.78 is 1.57. The van der Waals surface area contributed by atoms with Gasteiger partial charge < -0.3 is 5.73 Å². The lowest BCUT2D eigenvalue weighted by atomic mass is 10.0. The van der Waals surface area contributed by atoms with E-state index in [1.165, 1.54) is 6.20 Å². The molecule has 128 valence electrons. The van der Waals surface area contributed by atoms with Crippen LogP contribution in [0.3, 0.4) is 0 Å². The number of hydrogen-bond donors (Lipinski definition) is 1. The van der Waals surface area contributed by atoms with Gasteiger partial charge in [0.1, 0.15) is 6.07 Å². The Morgan fingerprint density at radius 3 is 2.88 bits per heavy atom. The normalized spacial score (nSPS) is 13.0. The third kappa shape index (κ3) is 2.51. The third-order valence-electron chi connectivity index (χ3n) is 4.34. The largest absolute Gasteiger partial charge is 0.312 e. The van der Waals surface area contributed by atoms with Crippen molar-refractivity contribution in [3.8, 4) is 17.3 Å². The van der Waals surface area contributed by atoms with Crippen LogP contribution in [0.25, 0.3) is 11.3 Å². The minimum absolute atomic E-state index is 0.1000. The number of carbonyl (C=O) groups is 1. The molecule has 0 atom stereocenters. The Morgan fingerprint density at radius 2 is 2.15 bits per heavy atom. The van der Waals surface area contributed by atoms with E-state index in [-0.39, 0.29) is 12.6 Å². The van der Waals surface area contributed by atoms with Gasteiger partial charge in [0, 0.05) is 18.0 Å². The van der Waals surface area contributed by atoms with Crippen molar-refractivity contribution in [3.63, 3.8) is 0 Å². The van der Waals surface area contributed by atoms with Crippen LogP contribution in [0.2, 0.25) is 0 Å². The van der Waals surface area contributed by atoms with Crippen LogP contribution in [-0.2, 0) is 13.2 Å². The molecule has 0 radical (unpaired) electrons. The summed E-state index contributed by atoms with van der Waals surface area (Å²) in [6.45, 7) is 2.50. The molecule has 0 bridgehead atoms. The first-order valence-electron chi connectivity index (χ1n) is 8.01. The number of amides is 1. The van der Waals surface area contributed by atoms with Gasteiger partial charge in [0.05, 0.1) is 53.8 Å². The summed E-state index contributed by atoms with van der Waals surface area (Å²) in [6, 6.07) is 5.66. The van der Waals surface area contributed by atoms with Gasteiger partial charge in [-0.2, -0.15) is 10.4 Å². The summed E-state index contributed by atoms with van der Waals surface area (Å²) in [5.41, 5.74) is 10.3. The lowest BCUT2D eigenvalue weighted by Crippen LogP contribution is -2.23. The second kappa shape index (κ2) is 6.06. The second-order valence-electron chi connectivity index (χ2n) is 6.03. The van der Waals surface area contributed by atoms with Crippen molar-refractivity contribution in [2.75, 3.05) is 4.90 Å². The number of carbonyl (C=O) groups excluding carboxylic acids is 1. The highest BCUT2D eigenvalue weighted by atomic mass is 16.2. The Balaban J connectivity index is 1.74. The molecule has 0 saturated carbocycles. The Hall–Kier alpha value is -3.57. The van der Waals surface area contributed by atoms with Crippen molar-refractivity contribution in [1.29, 1.82) is 5.26 Å². The van der Waals surface area contributed by atoms with Gasteiger partial charge in [-0.05, 0) is 24.6 Å². The van der Waals surface area contributed by atoms with E-state index in [1.54, 1.807) is 34.2 Å². The molecule has 8 heteroatoms. The van der Waals surface area contributed by atoms with Crippen molar-refractivity contribution in [2.45, 2.75) is 20.1 Å². The molecular weight excluding hydrogens is 330 g/mol. The van der Waals surface area contributed by atoms with Crippen LogP contribution in [0.4, 0.5) is 5.69 Å². The Labute approximate surface area is 149 Å². The highest BCUT2D eigenvalue weighted by molar-refractivity contribution is 6.10. The molecule has 4 heterocycles. The minimum Gasteiger partial charge on any atom is -0.312 e. The molecule has 1 aliphatic rings. The van der Waals surface area contributed by atoms with Gasteiger partial charge in [-0.3, -0.25) is 24.3 Å². The molecule has 1 aliphatic heterocycles. The molecule has 0 unspecified atom stereocenters. The molecular formula is C18H15N7O. The molecule has 3 aromatic heterocycles. The number of rotatable bonds is 3. The van der Waals surface area contributed by atoms with E-state index < -0.39 is 0 Å². The van der Waals surface area contributed by atoms with Crippen molar-refractivity contribution >= 4 is 11.6 Å². The third-order valence-corrected chi connectivity index (χ3v) is 4.34. The molecule has 0 aliphatic carbocycles. The van der Waals surface area contributed by atoms with Gasteiger partial charge in [0.2, 0.25) is 0 Å². The zero-order valence-corrected chi connectivity index (χ0v) is 14.0. The molecule has 26 heavy (non-hydrogen) atoms. The van der Waals surface area contributed by atoms with Crippen LogP contribution in [-0.4, -0.2) is 25.7 Å². The lowest BCUT2D eigenvalue weighted by molar-refractivity contribution is 0.0996. The summed E-state index contributed by atoms with van der Waals surface area (Å²) in [5, 5.41) is 13.2. The lowest BCUT2D eigenvalue weighted by Gasteiger charge is -2.11. The number of fused-ring (bicyclic) bond motifs is 1. The van der Waals surface area contributed by atoms with Crippen LogP contribution < -0.4 is 10.6 Å². The Kier molecular flexibility index (Phi) is 3.71. The quantitative estimate of drug-likeness (QED) is 0.771. The molecule has 8 nitrogen and oxygen atoms in total. The molecule has 4 rings (SSSR count). The number of nitrogens with zero attached hydrogens (tertiary/aromatic N) is 6. The fraction of sp³-hybridized carbons (Fsp3) is 0.167. The SMILES string of the molecule is Cc1cc(-c2cncc(C#N)c2)nc2c1C(=O)N(c1cnn(CN)c1)C2. The number of hydrogen-bond acceptors (Lipinski definition) is 6. The van der Waals surface area contributed by atoms with Crippen molar-refractivity contribution in [1.82, 2.24) is 19.7 Å². The minimum atomic E-state index is -0.1000. The maximum atomic E-state index is 12.8. The molecule has 0 fully saturated rings. The Bertz CT molecular complexity index is 1060. The van der Waals surface area contributed by atoms with Crippen molar-refractivity contribution < 1.29 is 4.79 Å². The fourth-order valence-corrected chi connectivity index (χ4v) is 3.09. The van der Waals surface area contributed by atoms with Gasteiger partial charge in [0.25, 0.3) is 5.91 Å². The average Bonchev–Trinajstić information content (AvgIpc) is 3.26. The smallest absolute Gasteiger partial charge is 0.260 e. The Morgan fingerprint density at radius 1 is 1.31 bits per heavy atom. The van der Waals surface area contributed by atoms with Gasteiger partial charge >= 0.3 is 0 Å². The first kappa shape index (κ1) is 15.9. The highest BCUT2D eigenvalue weighted by Crippen LogP contribution is 2.31. The molecule has 0 saturated heterocycles. The summed E-state index contributed by atoms with van der Waals surface area (Å²) in [6.07, 6.45) is 6.52. The van der Waals surface area contributed by atoms with Crippen LogP contribution in [0, 0.1) is 18.3 Å². The average molecular weight is 345 g/mol. The standard InChI is InChI=1S/C18H15N7O/c1-11-2-15(13-3-12(4-19)5-21-6-13)23-16-9-25(18(26)17(11)16)14-7-22-24(8-14)10-20/h2-3,5-8H,9-10,20H2,1H3. The number of pyridine rings is 2. The number of aromatic nitrogens is 4. The maximum Gasteiger partial charge on any atom is 0.260 e. The number of nitrogens with two attached hydrogens (primary N) is 1. The van der Waals surface area contributed by atoms with Crippen molar-refractivity contribution in [2.24, 2.45) is 5.73 Å². The summed E-state index contributed by atoms with van der Waals surface area (Å²) in [4.78, 5) is 23.2. The fourth-order valence-electron chi connectivity index (χ4n) is 3.09. The van der Waals surface area contributed by atoms with Gasteiger partial charge in [-0.1, -0.05) is 0 Å². The second-order valence-corrected chi connectivity index (χ2v) is 6.03. The first-order valence-corrected chi connectivity index (χ1v) is 8.01. The topological polar surface area (TPSA) is 114 Å². The zero-order chi connectivity index (χ0) is 18.3. The van der Waals surface area contributed by atoms with E-state index in [0.717, 1.165) is 11.1 Å². The van der Waals surface area contributed by atoms with Gasteiger partial charge in [-0.25, -0.2) is 0 Å². The van der Waals surface area contributed by atoms with Gasteiger partial charge in [-0.15, -0.1) is 0 Å². The van der Waals surface area contributed by atoms with E-state index in [1.807, 2.05) is 13.0 Å². The monoisotopic (exact) mass is 345 g/mol. The number of aryl methyl sites for hydroxylation is 1. The van der Waals surface area contributed by atoms with E-state index in [2.05, 4.69) is 21.1 Å². The number of anilines is 1. The van der Waals surface area contributed by atoms with E-state index in [4.69, 9.17) is 11.0 Å². The summed E-state index contributed by atoms with van der Waals surface area (Å²) in [5.74, 6) is -0.1000. The first-order chi connectivity index (χ1) is 12.6. The van der Waals surface area contributed by atoms with Crippen LogP contribution >= 0.6 is 0 Å². The summed E-state index contributed by atoms with van der Waals surface area (Å²) in [7, 11) is 0. The summed E-state index contributed by atoms with van der Waals surface area (Å²) >= 11 is 0. The maximum absolute atomic E-state index is 12.8. The molecule has 2 N–H and O–H groups in total. The van der Waals surface area contributed by atoms with Crippen LogP contribution in [0.1, 0.15) is 27.2 Å². The van der Waals surface area contributed by atoms with Crippen molar-refractivity contribution in [3.05, 3.63) is 59.3 Å². The number of nitriles is 1. The van der Waals surface area contributed by atoms with Gasteiger partial charge in [0.15, 0.2) is 0 Å². The van der Waals surface area contributed by atoms with Crippen LogP contribution in [0.5, 0.6) is 0 Å². The highest BCUT2D eigenvalue weighted by Gasteiger charge is 2.32. The van der Waals surface area contributed by atoms with Crippen LogP contribution in [0.15, 0.2) is 36.9 Å². The molecule has 3 aromatic rings.